The lowest BCUT2D eigenvalue weighted by molar-refractivity contribution is -0.117. The number of hydrogen-bond donors (Lipinski definition) is 0. The van der Waals surface area contributed by atoms with E-state index >= 15 is 0 Å². The minimum absolute atomic E-state index is 0.00691. The minimum atomic E-state index is -0.364. The third kappa shape index (κ3) is 2.73. The van der Waals surface area contributed by atoms with E-state index in [2.05, 4.69) is 32.6 Å². The first-order valence-electron chi connectivity index (χ1n) is 5.38. The Morgan fingerprint density at radius 3 is 3.11 bits per heavy atom. The number of rotatable bonds is 3. The third-order valence-electron chi connectivity index (χ3n) is 2.81. The van der Waals surface area contributed by atoms with Crippen LogP contribution < -0.4 is 4.90 Å². The molecule has 94 valence electrons. The number of halogens is 2. The van der Waals surface area contributed by atoms with Gasteiger partial charge in [0, 0.05) is 28.0 Å². The zero-order valence-corrected chi connectivity index (χ0v) is 11.5. The zero-order valence-electron chi connectivity index (χ0n) is 9.38. The van der Waals surface area contributed by atoms with Crippen LogP contribution in [0.15, 0.2) is 23.3 Å². The molecular formula is C11H10FIN4O. The van der Waals surface area contributed by atoms with Crippen LogP contribution in [0.2, 0.25) is 0 Å². The molecule has 2 rings (SSSR count). The standard InChI is InChI=1S/C11H10FIN4O/c12-8-1-2-9(13)10(4-8)17-6-7(3-11(17)18)5-15-16-14/h1-2,4,7H,3,5-6H2. The van der Waals surface area contributed by atoms with Gasteiger partial charge in [0.15, 0.2) is 0 Å². The van der Waals surface area contributed by atoms with Gasteiger partial charge in [0.1, 0.15) is 5.82 Å². The Kier molecular flexibility index (Phi) is 4.03. The molecule has 1 amide bonds. The molecule has 7 heteroatoms. The Balaban J connectivity index is 2.21. The van der Waals surface area contributed by atoms with Crippen LogP contribution in [0.25, 0.3) is 10.4 Å². The van der Waals surface area contributed by atoms with Crippen molar-refractivity contribution < 1.29 is 9.18 Å². The van der Waals surface area contributed by atoms with Crippen molar-refractivity contribution in [3.63, 3.8) is 0 Å². The summed E-state index contributed by atoms with van der Waals surface area (Å²) in [4.78, 5) is 16.1. The lowest BCUT2D eigenvalue weighted by Gasteiger charge is -2.18. The number of hydrogen-bond acceptors (Lipinski definition) is 2. The number of carbonyl (C=O) groups is 1. The van der Waals surface area contributed by atoms with E-state index in [9.17, 15) is 9.18 Å². The van der Waals surface area contributed by atoms with Gasteiger partial charge in [0.2, 0.25) is 5.91 Å². The number of azide groups is 1. The Morgan fingerprint density at radius 1 is 1.61 bits per heavy atom. The molecule has 0 bridgehead atoms. The van der Waals surface area contributed by atoms with E-state index in [-0.39, 0.29) is 17.6 Å². The molecule has 18 heavy (non-hydrogen) atoms. The smallest absolute Gasteiger partial charge is 0.227 e. The highest BCUT2D eigenvalue weighted by Gasteiger charge is 2.31. The molecular weight excluding hydrogens is 350 g/mol. The predicted molar refractivity (Wildman–Crippen MR) is 73.6 cm³/mol. The number of carbonyl (C=O) groups excluding carboxylic acids is 1. The molecule has 5 nitrogen and oxygen atoms in total. The van der Waals surface area contributed by atoms with Gasteiger partial charge in [0.25, 0.3) is 0 Å². The Bertz CT molecular complexity index is 530. The first-order valence-corrected chi connectivity index (χ1v) is 6.46. The maximum absolute atomic E-state index is 13.2. The summed E-state index contributed by atoms with van der Waals surface area (Å²) in [7, 11) is 0. The molecule has 1 unspecified atom stereocenters. The molecule has 1 aromatic rings. The van der Waals surface area contributed by atoms with Crippen molar-refractivity contribution in [3.05, 3.63) is 38.0 Å². The first-order chi connectivity index (χ1) is 8.61. The molecule has 0 radical (unpaired) electrons. The average Bonchev–Trinajstić information content (AvgIpc) is 2.71. The van der Waals surface area contributed by atoms with Crippen molar-refractivity contribution in [2.75, 3.05) is 18.0 Å². The Labute approximate surface area is 117 Å². The van der Waals surface area contributed by atoms with Gasteiger partial charge in [-0.3, -0.25) is 4.79 Å². The maximum atomic E-state index is 13.2. The molecule has 1 aliphatic rings. The fourth-order valence-corrected chi connectivity index (χ4v) is 2.61. The monoisotopic (exact) mass is 360 g/mol. The lowest BCUT2D eigenvalue weighted by atomic mass is 10.1. The van der Waals surface area contributed by atoms with Gasteiger partial charge in [-0.1, -0.05) is 5.11 Å². The number of benzene rings is 1. The molecule has 1 aromatic carbocycles. The van der Waals surface area contributed by atoms with Gasteiger partial charge in [0.05, 0.1) is 5.69 Å². The summed E-state index contributed by atoms with van der Waals surface area (Å²) in [6.07, 6.45) is 0.339. The number of anilines is 1. The third-order valence-corrected chi connectivity index (χ3v) is 3.72. The SMILES string of the molecule is [N-]=[N+]=NCC1CC(=O)N(c2cc(F)ccc2I)C1. The molecule has 0 N–H and O–H groups in total. The fourth-order valence-electron chi connectivity index (χ4n) is 1.98. The second kappa shape index (κ2) is 5.53. The van der Waals surface area contributed by atoms with Crippen molar-refractivity contribution in [2.24, 2.45) is 11.0 Å². The van der Waals surface area contributed by atoms with E-state index in [0.717, 1.165) is 3.57 Å². The summed E-state index contributed by atoms with van der Waals surface area (Å²) in [6, 6.07) is 4.36. The molecule has 0 aliphatic carbocycles. The van der Waals surface area contributed by atoms with Gasteiger partial charge in [-0.15, -0.1) is 0 Å². The van der Waals surface area contributed by atoms with Crippen molar-refractivity contribution in [3.8, 4) is 0 Å². The highest BCUT2D eigenvalue weighted by atomic mass is 127. The van der Waals surface area contributed by atoms with E-state index in [0.29, 0.717) is 25.2 Å². The van der Waals surface area contributed by atoms with Gasteiger partial charge >= 0.3 is 0 Å². The van der Waals surface area contributed by atoms with Crippen LogP contribution in [-0.4, -0.2) is 19.0 Å². The second-order valence-corrected chi connectivity index (χ2v) is 5.25. The van der Waals surface area contributed by atoms with Crippen molar-refractivity contribution in [1.29, 1.82) is 0 Å². The molecule has 1 aliphatic heterocycles. The summed E-state index contributed by atoms with van der Waals surface area (Å²) >= 11 is 2.07. The molecule has 1 atom stereocenters. The van der Waals surface area contributed by atoms with Gasteiger partial charge in [-0.05, 0) is 52.2 Å². The van der Waals surface area contributed by atoms with E-state index in [1.54, 1.807) is 11.0 Å². The van der Waals surface area contributed by atoms with E-state index < -0.39 is 0 Å². The number of nitrogens with zero attached hydrogens (tertiary/aromatic N) is 4. The minimum Gasteiger partial charge on any atom is -0.311 e. The molecule has 0 saturated carbocycles. The Morgan fingerprint density at radius 2 is 2.39 bits per heavy atom. The van der Waals surface area contributed by atoms with Crippen molar-refractivity contribution >= 4 is 34.2 Å². The lowest BCUT2D eigenvalue weighted by Crippen LogP contribution is -2.25. The van der Waals surface area contributed by atoms with E-state index in [1.165, 1.54) is 12.1 Å². The molecule has 1 heterocycles. The first kappa shape index (κ1) is 13.1. The summed E-state index contributed by atoms with van der Waals surface area (Å²) in [6.45, 7) is 0.766. The molecule has 1 saturated heterocycles. The summed E-state index contributed by atoms with van der Waals surface area (Å²) in [5.74, 6) is -0.416. The molecule has 0 aromatic heterocycles. The fraction of sp³-hybridized carbons (Fsp3) is 0.364. The van der Waals surface area contributed by atoms with Gasteiger partial charge in [-0.2, -0.15) is 0 Å². The molecule has 1 fully saturated rings. The summed E-state index contributed by atoms with van der Waals surface area (Å²) in [5.41, 5.74) is 8.85. The molecule has 0 spiro atoms. The average molecular weight is 360 g/mol. The van der Waals surface area contributed by atoms with Crippen LogP contribution >= 0.6 is 22.6 Å². The van der Waals surface area contributed by atoms with Crippen LogP contribution in [-0.2, 0) is 4.79 Å². The largest absolute Gasteiger partial charge is 0.311 e. The van der Waals surface area contributed by atoms with Crippen LogP contribution in [0.4, 0.5) is 10.1 Å². The van der Waals surface area contributed by atoms with E-state index in [4.69, 9.17) is 5.53 Å². The number of amides is 1. The van der Waals surface area contributed by atoms with Gasteiger partial charge < -0.3 is 4.90 Å². The van der Waals surface area contributed by atoms with Crippen molar-refractivity contribution in [2.45, 2.75) is 6.42 Å². The highest BCUT2D eigenvalue weighted by molar-refractivity contribution is 14.1. The maximum Gasteiger partial charge on any atom is 0.227 e. The normalized spacial score (nSPS) is 18.9. The zero-order chi connectivity index (χ0) is 13.1. The van der Waals surface area contributed by atoms with Crippen LogP contribution in [0, 0.1) is 15.3 Å². The van der Waals surface area contributed by atoms with Crippen LogP contribution in [0.1, 0.15) is 6.42 Å². The Hall–Kier alpha value is -1.34. The van der Waals surface area contributed by atoms with Crippen LogP contribution in [0.3, 0.4) is 0 Å². The highest BCUT2D eigenvalue weighted by Crippen LogP contribution is 2.29. The second-order valence-electron chi connectivity index (χ2n) is 4.08. The van der Waals surface area contributed by atoms with Gasteiger partial charge in [-0.25, -0.2) is 4.39 Å². The van der Waals surface area contributed by atoms with E-state index in [1.807, 2.05) is 0 Å². The van der Waals surface area contributed by atoms with Crippen LogP contribution in [0.5, 0.6) is 0 Å². The quantitative estimate of drug-likeness (QED) is 0.354. The summed E-state index contributed by atoms with van der Waals surface area (Å²) < 4.78 is 14.0. The topological polar surface area (TPSA) is 69.1 Å². The summed E-state index contributed by atoms with van der Waals surface area (Å²) in [5, 5.41) is 3.48. The van der Waals surface area contributed by atoms with Crippen molar-refractivity contribution in [1.82, 2.24) is 0 Å². The predicted octanol–water partition coefficient (Wildman–Crippen LogP) is 3.09.